The summed E-state index contributed by atoms with van der Waals surface area (Å²) in [6.07, 6.45) is 0. The van der Waals surface area contributed by atoms with Crippen molar-refractivity contribution in [1.29, 1.82) is 0 Å². The number of para-hydroxylation sites is 2. The Labute approximate surface area is 162 Å². The van der Waals surface area contributed by atoms with E-state index >= 15 is 0 Å². The molecule has 0 spiro atoms. The van der Waals surface area contributed by atoms with Crippen LogP contribution in [0.4, 0.5) is 0 Å². The normalized spacial score (nSPS) is 12.2. The van der Waals surface area contributed by atoms with Gasteiger partial charge in [0.25, 0.3) is 11.8 Å². The van der Waals surface area contributed by atoms with E-state index in [-0.39, 0.29) is 5.91 Å². The molecule has 0 radical (unpaired) electrons. The first-order valence-electron chi connectivity index (χ1n) is 8.77. The van der Waals surface area contributed by atoms with Crippen molar-refractivity contribution >= 4 is 11.8 Å². The lowest BCUT2D eigenvalue weighted by Crippen LogP contribution is -2.44. The average Bonchev–Trinajstić information content (AvgIpc) is 2.75. The summed E-state index contributed by atoms with van der Waals surface area (Å²) in [5, 5.41) is 0. The first-order chi connectivity index (χ1) is 13.7. The van der Waals surface area contributed by atoms with E-state index in [2.05, 4.69) is 10.9 Å². The van der Waals surface area contributed by atoms with Crippen molar-refractivity contribution < 1.29 is 19.1 Å². The van der Waals surface area contributed by atoms with E-state index in [1.54, 1.807) is 31.4 Å². The molecule has 0 aliphatic carbocycles. The number of rotatable bonds is 3. The van der Waals surface area contributed by atoms with Crippen molar-refractivity contribution in [3.05, 3.63) is 89.5 Å². The number of benzene rings is 3. The van der Waals surface area contributed by atoms with Gasteiger partial charge in [0.1, 0.15) is 17.2 Å². The lowest BCUT2D eigenvalue weighted by Gasteiger charge is -2.27. The molecular weight excluding hydrogens is 356 g/mol. The Bertz CT molecular complexity index is 985. The van der Waals surface area contributed by atoms with E-state index in [4.69, 9.17) is 9.47 Å². The Morgan fingerprint density at radius 3 is 1.96 bits per heavy atom. The number of amides is 2. The summed E-state index contributed by atoms with van der Waals surface area (Å²) >= 11 is 0. The third-order valence-corrected chi connectivity index (χ3v) is 4.59. The Balaban J connectivity index is 1.54. The van der Waals surface area contributed by atoms with Crippen molar-refractivity contribution in [2.24, 2.45) is 0 Å². The fourth-order valence-corrected chi connectivity index (χ4v) is 3.20. The van der Waals surface area contributed by atoms with Crippen LogP contribution in [0.2, 0.25) is 0 Å². The van der Waals surface area contributed by atoms with Crippen molar-refractivity contribution in [3.8, 4) is 17.2 Å². The van der Waals surface area contributed by atoms with Crippen LogP contribution < -0.4 is 20.3 Å². The summed E-state index contributed by atoms with van der Waals surface area (Å²) in [7, 11) is 1.55. The molecule has 0 saturated carbocycles. The first-order valence-corrected chi connectivity index (χ1v) is 8.77. The number of hydrazine groups is 1. The number of carbonyl (C=O) groups excluding carboxylic acids is 2. The summed E-state index contributed by atoms with van der Waals surface area (Å²) in [4.78, 5) is 25.3. The molecule has 0 saturated heterocycles. The molecule has 3 aromatic carbocycles. The minimum Gasteiger partial charge on any atom is -0.497 e. The standard InChI is InChI=1S/C22H18N2O4/c1-27-15-12-10-14(11-13-15)21(25)23-24-22(26)20-16-6-2-4-8-18(16)28-19-9-5-3-7-17(19)20/h2-13,20H,1H3,(H,23,25)(H,24,26). The maximum Gasteiger partial charge on any atom is 0.269 e. The minimum absolute atomic E-state index is 0.343. The summed E-state index contributed by atoms with van der Waals surface area (Å²) in [5.74, 6) is 0.564. The van der Waals surface area contributed by atoms with Crippen molar-refractivity contribution in [3.63, 3.8) is 0 Å². The highest BCUT2D eigenvalue weighted by molar-refractivity contribution is 5.97. The molecule has 1 heterocycles. The predicted octanol–water partition coefficient (Wildman–Crippen LogP) is 3.39. The second-order valence-corrected chi connectivity index (χ2v) is 6.28. The molecule has 0 bridgehead atoms. The van der Waals surface area contributed by atoms with Gasteiger partial charge in [-0.2, -0.15) is 0 Å². The summed E-state index contributed by atoms with van der Waals surface area (Å²) in [5.41, 5.74) is 6.92. The zero-order valence-corrected chi connectivity index (χ0v) is 15.1. The highest BCUT2D eigenvalue weighted by Crippen LogP contribution is 2.43. The predicted molar refractivity (Wildman–Crippen MR) is 103 cm³/mol. The zero-order chi connectivity index (χ0) is 19.5. The van der Waals surface area contributed by atoms with E-state index in [1.165, 1.54) is 0 Å². The summed E-state index contributed by atoms with van der Waals surface area (Å²) < 4.78 is 11.0. The second kappa shape index (κ2) is 7.44. The van der Waals surface area contributed by atoms with Gasteiger partial charge in [0.2, 0.25) is 0 Å². The van der Waals surface area contributed by atoms with Crippen LogP contribution in [0, 0.1) is 0 Å². The van der Waals surface area contributed by atoms with E-state index in [9.17, 15) is 9.59 Å². The van der Waals surface area contributed by atoms with E-state index in [0.717, 1.165) is 11.1 Å². The van der Waals surface area contributed by atoms with Crippen LogP contribution in [-0.4, -0.2) is 18.9 Å². The topological polar surface area (TPSA) is 76.7 Å². The van der Waals surface area contributed by atoms with E-state index in [1.807, 2.05) is 48.5 Å². The van der Waals surface area contributed by atoms with Crippen LogP contribution in [0.3, 0.4) is 0 Å². The molecule has 1 aliphatic rings. The van der Waals surface area contributed by atoms with Gasteiger partial charge in [0.15, 0.2) is 0 Å². The van der Waals surface area contributed by atoms with Gasteiger partial charge in [0.05, 0.1) is 13.0 Å². The third-order valence-electron chi connectivity index (χ3n) is 4.59. The van der Waals surface area contributed by atoms with Gasteiger partial charge < -0.3 is 9.47 Å². The van der Waals surface area contributed by atoms with Crippen LogP contribution >= 0.6 is 0 Å². The van der Waals surface area contributed by atoms with E-state index < -0.39 is 11.8 Å². The molecule has 0 aromatic heterocycles. The average molecular weight is 374 g/mol. The Hall–Kier alpha value is -3.80. The van der Waals surface area contributed by atoms with Crippen molar-refractivity contribution in [1.82, 2.24) is 10.9 Å². The largest absolute Gasteiger partial charge is 0.497 e. The van der Waals surface area contributed by atoms with Crippen LogP contribution in [0.5, 0.6) is 17.2 Å². The number of carbonyl (C=O) groups is 2. The fourth-order valence-electron chi connectivity index (χ4n) is 3.20. The molecule has 4 rings (SSSR count). The highest BCUT2D eigenvalue weighted by Gasteiger charge is 2.32. The number of fused-ring (bicyclic) bond motifs is 2. The van der Waals surface area contributed by atoms with Crippen LogP contribution in [0.25, 0.3) is 0 Å². The first kappa shape index (κ1) is 17.6. The monoisotopic (exact) mass is 374 g/mol. The Kier molecular flexibility index (Phi) is 4.68. The van der Waals surface area contributed by atoms with Crippen LogP contribution in [0.15, 0.2) is 72.8 Å². The van der Waals surface area contributed by atoms with Crippen LogP contribution in [0.1, 0.15) is 27.4 Å². The lowest BCUT2D eigenvalue weighted by atomic mass is 9.87. The molecule has 28 heavy (non-hydrogen) atoms. The molecule has 0 fully saturated rings. The molecule has 6 nitrogen and oxygen atoms in total. The Morgan fingerprint density at radius 1 is 0.821 bits per heavy atom. The van der Waals surface area contributed by atoms with Gasteiger partial charge >= 0.3 is 0 Å². The maximum absolute atomic E-state index is 13.0. The van der Waals surface area contributed by atoms with Gasteiger partial charge in [-0.25, -0.2) is 0 Å². The highest BCUT2D eigenvalue weighted by atomic mass is 16.5. The van der Waals surface area contributed by atoms with Crippen molar-refractivity contribution in [2.45, 2.75) is 5.92 Å². The lowest BCUT2D eigenvalue weighted by molar-refractivity contribution is -0.122. The van der Waals surface area contributed by atoms with Gasteiger partial charge in [-0.1, -0.05) is 36.4 Å². The zero-order valence-electron chi connectivity index (χ0n) is 15.1. The molecule has 3 aromatic rings. The number of hydrogen-bond acceptors (Lipinski definition) is 4. The molecule has 2 N–H and O–H groups in total. The number of hydrogen-bond donors (Lipinski definition) is 2. The second-order valence-electron chi connectivity index (χ2n) is 6.28. The van der Waals surface area contributed by atoms with Gasteiger partial charge in [-0.05, 0) is 36.4 Å². The number of methoxy groups -OCH3 is 1. The third kappa shape index (κ3) is 3.27. The molecule has 0 unspecified atom stereocenters. The quantitative estimate of drug-likeness (QED) is 0.689. The minimum atomic E-state index is -0.586. The van der Waals surface area contributed by atoms with Gasteiger partial charge in [0, 0.05) is 16.7 Å². The SMILES string of the molecule is COc1ccc(C(=O)NNC(=O)C2c3ccccc3Oc3ccccc32)cc1. The maximum atomic E-state index is 13.0. The Morgan fingerprint density at radius 2 is 1.39 bits per heavy atom. The summed E-state index contributed by atoms with van der Waals surface area (Å²) in [6, 6.07) is 21.4. The number of nitrogens with one attached hydrogen (secondary N) is 2. The molecule has 2 amide bonds. The molecule has 6 heteroatoms. The van der Waals surface area contributed by atoms with Gasteiger partial charge in [-0.3, -0.25) is 20.4 Å². The molecule has 140 valence electrons. The molecular formula is C22H18N2O4. The smallest absolute Gasteiger partial charge is 0.269 e. The fraction of sp³-hybridized carbons (Fsp3) is 0.0909. The summed E-state index contributed by atoms with van der Waals surface area (Å²) in [6.45, 7) is 0. The molecule has 1 aliphatic heterocycles. The van der Waals surface area contributed by atoms with Crippen LogP contribution in [-0.2, 0) is 4.79 Å². The van der Waals surface area contributed by atoms with E-state index in [0.29, 0.717) is 22.8 Å². The number of ether oxygens (including phenoxy) is 2. The van der Waals surface area contributed by atoms with Gasteiger partial charge in [-0.15, -0.1) is 0 Å². The molecule has 0 atom stereocenters. The van der Waals surface area contributed by atoms with Crippen molar-refractivity contribution in [2.75, 3.05) is 7.11 Å².